The summed E-state index contributed by atoms with van der Waals surface area (Å²) < 4.78 is 5.43. The topological polar surface area (TPSA) is 26.3 Å². The Bertz CT molecular complexity index is 708. The van der Waals surface area contributed by atoms with E-state index in [-0.39, 0.29) is 5.41 Å². The van der Waals surface area contributed by atoms with Gasteiger partial charge in [0.2, 0.25) is 0 Å². The molecule has 4 aliphatic rings. The second-order valence-electron chi connectivity index (χ2n) is 8.82. The third kappa shape index (κ3) is 1.49. The predicted octanol–water partition coefficient (Wildman–Crippen LogP) is 4.37. The number of hydrogen-bond donors (Lipinski definition) is 0. The maximum absolute atomic E-state index is 12.7. The van der Waals surface area contributed by atoms with Crippen molar-refractivity contribution in [1.82, 2.24) is 0 Å². The summed E-state index contributed by atoms with van der Waals surface area (Å²) in [4.78, 5) is 12.7. The van der Waals surface area contributed by atoms with Gasteiger partial charge in [0.1, 0.15) is 11.5 Å². The van der Waals surface area contributed by atoms with Crippen molar-refractivity contribution in [2.24, 2.45) is 28.6 Å². The van der Waals surface area contributed by atoms with E-state index in [4.69, 9.17) is 4.74 Å². The number of Topliss-reactive ketones (excluding diaryl/α,β-unsaturated/α-hetero) is 1. The quantitative estimate of drug-likeness (QED) is 0.770. The van der Waals surface area contributed by atoms with Crippen molar-refractivity contribution < 1.29 is 9.53 Å². The van der Waals surface area contributed by atoms with Crippen LogP contribution in [-0.2, 0) is 11.2 Å². The molecule has 0 aliphatic heterocycles. The SMILES string of the molecule is COc1ccc2c(c1)C[C@@H](C)[C@@H]1[C@@H]2CC[C@]2(C)C(=O)C[C@@H]3C[C@@]312. The minimum absolute atomic E-state index is 0.0168. The van der Waals surface area contributed by atoms with Gasteiger partial charge in [-0.05, 0) is 78.0 Å². The lowest BCUT2D eigenvalue weighted by molar-refractivity contribution is -0.133. The minimum atomic E-state index is -0.0168. The summed E-state index contributed by atoms with van der Waals surface area (Å²) >= 11 is 0. The zero-order valence-corrected chi connectivity index (χ0v) is 14.4. The molecule has 0 unspecified atom stereocenters. The monoisotopic (exact) mass is 310 g/mol. The van der Waals surface area contributed by atoms with Crippen molar-refractivity contribution >= 4 is 5.78 Å². The fraction of sp³-hybridized carbons (Fsp3) is 0.667. The summed E-state index contributed by atoms with van der Waals surface area (Å²) in [6, 6.07) is 6.68. The molecule has 122 valence electrons. The zero-order chi connectivity index (χ0) is 16.0. The molecule has 3 saturated carbocycles. The van der Waals surface area contributed by atoms with Crippen LogP contribution in [0.5, 0.6) is 5.75 Å². The van der Waals surface area contributed by atoms with Gasteiger partial charge in [-0.15, -0.1) is 0 Å². The van der Waals surface area contributed by atoms with E-state index in [0.29, 0.717) is 34.9 Å². The molecule has 23 heavy (non-hydrogen) atoms. The van der Waals surface area contributed by atoms with Gasteiger partial charge in [0, 0.05) is 11.8 Å². The van der Waals surface area contributed by atoms with E-state index >= 15 is 0 Å². The van der Waals surface area contributed by atoms with Gasteiger partial charge in [0.15, 0.2) is 0 Å². The molecule has 0 heterocycles. The lowest BCUT2D eigenvalue weighted by Gasteiger charge is -2.53. The minimum Gasteiger partial charge on any atom is -0.497 e. The van der Waals surface area contributed by atoms with E-state index < -0.39 is 0 Å². The van der Waals surface area contributed by atoms with Crippen LogP contribution >= 0.6 is 0 Å². The van der Waals surface area contributed by atoms with Gasteiger partial charge < -0.3 is 4.74 Å². The molecule has 4 aliphatic carbocycles. The Hall–Kier alpha value is -1.31. The Labute approximate surface area is 138 Å². The summed E-state index contributed by atoms with van der Waals surface area (Å²) in [5.74, 6) is 4.28. The first-order chi connectivity index (χ1) is 11.0. The normalized spacial score (nSPS) is 46.5. The van der Waals surface area contributed by atoms with Gasteiger partial charge in [-0.1, -0.05) is 19.9 Å². The Kier molecular flexibility index (Phi) is 2.57. The molecular formula is C21H26O2. The molecule has 3 fully saturated rings. The first-order valence-electron chi connectivity index (χ1n) is 9.21. The molecule has 0 aromatic heterocycles. The van der Waals surface area contributed by atoms with Crippen LogP contribution < -0.4 is 4.74 Å². The number of rotatable bonds is 1. The smallest absolute Gasteiger partial charge is 0.139 e. The second kappa shape index (κ2) is 4.20. The van der Waals surface area contributed by atoms with Crippen LogP contribution in [0.2, 0.25) is 0 Å². The fourth-order valence-corrected chi connectivity index (χ4v) is 7.09. The van der Waals surface area contributed by atoms with Gasteiger partial charge in [-0.3, -0.25) is 4.79 Å². The largest absolute Gasteiger partial charge is 0.497 e. The molecule has 2 nitrogen and oxygen atoms in total. The molecule has 1 aromatic rings. The summed E-state index contributed by atoms with van der Waals surface area (Å²) in [6.45, 7) is 4.73. The highest BCUT2D eigenvalue weighted by molar-refractivity contribution is 5.90. The van der Waals surface area contributed by atoms with Crippen LogP contribution in [0.3, 0.4) is 0 Å². The Morgan fingerprint density at radius 1 is 1.26 bits per heavy atom. The number of benzene rings is 1. The van der Waals surface area contributed by atoms with Crippen molar-refractivity contribution in [2.45, 2.75) is 51.9 Å². The molecular weight excluding hydrogens is 284 g/mol. The second-order valence-corrected chi connectivity index (χ2v) is 8.82. The molecule has 0 saturated heterocycles. The van der Waals surface area contributed by atoms with Crippen LogP contribution in [0.1, 0.15) is 56.6 Å². The van der Waals surface area contributed by atoms with Crippen LogP contribution in [0.25, 0.3) is 0 Å². The molecule has 6 atom stereocenters. The molecule has 5 rings (SSSR count). The van der Waals surface area contributed by atoms with Crippen molar-refractivity contribution in [2.75, 3.05) is 7.11 Å². The first-order valence-corrected chi connectivity index (χ1v) is 9.21. The number of ether oxygens (including phenoxy) is 1. The van der Waals surface area contributed by atoms with Crippen molar-refractivity contribution in [3.05, 3.63) is 29.3 Å². The number of fused-ring (bicyclic) bond motifs is 3. The Morgan fingerprint density at radius 3 is 2.87 bits per heavy atom. The fourth-order valence-electron chi connectivity index (χ4n) is 7.09. The summed E-state index contributed by atoms with van der Waals surface area (Å²) in [7, 11) is 1.75. The summed E-state index contributed by atoms with van der Waals surface area (Å²) in [5, 5.41) is 0. The molecule has 1 aromatic carbocycles. The lowest BCUT2D eigenvalue weighted by Crippen LogP contribution is -2.48. The predicted molar refractivity (Wildman–Crippen MR) is 89.6 cm³/mol. The maximum Gasteiger partial charge on any atom is 0.139 e. The van der Waals surface area contributed by atoms with E-state index in [0.717, 1.165) is 25.0 Å². The maximum atomic E-state index is 12.7. The van der Waals surface area contributed by atoms with E-state index in [1.54, 1.807) is 12.7 Å². The average molecular weight is 310 g/mol. The van der Waals surface area contributed by atoms with Crippen molar-refractivity contribution in [3.63, 3.8) is 0 Å². The molecule has 2 heteroatoms. The number of hydrogen-bond acceptors (Lipinski definition) is 2. The van der Waals surface area contributed by atoms with E-state index in [1.165, 1.54) is 18.4 Å². The highest BCUT2D eigenvalue weighted by atomic mass is 16.5. The van der Waals surface area contributed by atoms with Gasteiger partial charge in [0.25, 0.3) is 0 Å². The third-order valence-electron chi connectivity index (χ3n) is 8.12. The zero-order valence-electron chi connectivity index (χ0n) is 14.4. The number of carbonyl (C=O) groups excluding carboxylic acids is 1. The average Bonchev–Trinajstić information content (AvgIpc) is 3.19. The molecule has 0 bridgehead atoms. The number of ketones is 1. The summed E-state index contributed by atoms with van der Waals surface area (Å²) in [6.07, 6.45) is 5.60. The van der Waals surface area contributed by atoms with Crippen LogP contribution in [0, 0.1) is 28.6 Å². The standard InChI is InChI=1S/C21H26O2/c1-12-8-13-9-15(23-3)4-5-16(13)17-6-7-20(2)18(22)10-14-11-21(14,20)19(12)17/h4-5,9,12,14,17,19H,6-8,10-11H2,1-3H3/t12-,14-,17-,19-,20-,21-/m1/s1. The van der Waals surface area contributed by atoms with Crippen LogP contribution in [0.4, 0.5) is 0 Å². The number of carbonyl (C=O) groups is 1. The lowest BCUT2D eigenvalue weighted by atomic mass is 9.50. The highest BCUT2D eigenvalue weighted by Crippen LogP contribution is 2.81. The molecule has 0 N–H and O–H groups in total. The van der Waals surface area contributed by atoms with Gasteiger partial charge in [0.05, 0.1) is 7.11 Å². The highest BCUT2D eigenvalue weighted by Gasteiger charge is 2.77. The first kappa shape index (κ1) is 14.1. The van der Waals surface area contributed by atoms with Crippen molar-refractivity contribution in [1.29, 1.82) is 0 Å². The van der Waals surface area contributed by atoms with Crippen molar-refractivity contribution in [3.8, 4) is 5.75 Å². The Balaban J connectivity index is 1.62. The molecule has 0 amide bonds. The van der Waals surface area contributed by atoms with E-state index in [2.05, 4.69) is 32.0 Å². The third-order valence-corrected chi connectivity index (χ3v) is 8.12. The molecule has 0 radical (unpaired) electrons. The summed E-state index contributed by atoms with van der Waals surface area (Å²) in [5.41, 5.74) is 3.36. The van der Waals surface area contributed by atoms with E-state index in [9.17, 15) is 4.79 Å². The van der Waals surface area contributed by atoms with Gasteiger partial charge in [-0.2, -0.15) is 0 Å². The van der Waals surface area contributed by atoms with Crippen LogP contribution in [0.15, 0.2) is 18.2 Å². The van der Waals surface area contributed by atoms with E-state index in [1.807, 2.05) is 0 Å². The van der Waals surface area contributed by atoms with Gasteiger partial charge in [-0.25, -0.2) is 0 Å². The van der Waals surface area contributed by atoms with Crippen LogP contribution in [-0.4, -0.2) is 12.9 Å². The molecule has 1 spiro atoms. The number of methoxy groups -OCH3 is 1. The Morgan fingerprint density at radius 2 is 2.09 bits per heavy atom. The van der Waals surface area contributed by atoms with Gasteiger partial charge >= 0.3 is 0 Å².